The van der Waals surface area contributed by atoms with Crippen LogP contribution < -0.4 is 5.32 Å². The van der Waals surface area contributed by atoms with E-state index in [1.165, 1.54) is 11.5 Å². The number of hydrogen-bond donors (Lipinski definition) is 1. The minimum atomic E-state index is -0.0366. The number of carbonyl (C=O) groups excluding carboxylic acids is 1. The highest BCUT2D eigenvalue weighted by Gasteiger charge is 2.03. The topological polar surface area (TPSA) is 51.2 Å². The Labute approximate surface area is 81.1 Å². The van der Waals surface area contributed by atoms with Gasteiger partial charge >= 0.3 is 0 Å². The molecule has 4 nitrogen and oxygen atoms in total. The largest absolute Gasteiger partial charge is 0.384 e. The summed E-state index contributed by atoms with van der Waals surface area (Å²) in [5, 5.41) is 3.53. The van der Waals surface area contributed by atoms with Crippen LogP contribution in [0.5, 0.6) is 0 Å². The summed E-state index contributed by atoms with van der Waals surface area (Å²) >= 11 is 1.29. The van der Waals surface area contributed by atoms with Crippen molar-refractivity contribution in [3.63, 3.8) is 0 Å². The Hall–Kier alpha value is -0.940. The summed E-state index contributed by atoms with van der Waals surface area (Å²) in [6.45, 7) is 2.34. The Kier molecular flexibility index (Phi) is 3.85. The first-order valence-corrected chi connectivity index (χ1v) is 4.72. The maximum Gasteiger partial charge on any atom is 0.227 e. The van der Waals surface area contributed by atoms with E-state index in [1.54, 1.807) is 7.11 Å². The molecular weight excluding hydrogens is 188 g/mol. The van der Waals surface area contributed by atoms with Crippen molar-refractivity contribution in [1.29, 1.82) is 0 Å². The summed E-state index contributed by atoms with van der Waals surface area (Å²) in [6.07, 6.45) is 0.382. The zero-order valence-corrected chi connectivity index (χ0v) is 8.48. The molecule has 1 rings (SSSR count). The van der Waals surface area contributed by atoms with Crippen LogP contribution in [0.1, 0.15) is 12.1 Å². The molecule has 0 aliphatic heterocycles. The smallest absolute Gasteiger partial charge is 0.227 e. The first kappa shape index (κ1) is 10.1. The standard InChI is InChI=1S/C8H12N2O2S/c1-6-5-8(13-10-6)9-7(11)3-4-12-2/h5H,3-4H2,1-2H3,(H,9,11). The maximum atomic E-state index is 11.2. The third-order valence-electron chi connectivity index (χ3n) is 1.42. The third kappa shape index (κ3) is 3.52. The van der Waals surface area contributed by atoms with E-state index in [2.05, 4.69) is 9.69 Å². The molecule has 1 N–H and O–H groups in total. The van der Waals surface area contributed by atoms with Gasteiger partial charge in [0, 0.05) is 7.11 Å². The number of anilines is 1. The highest BCUT2D eigenvalue weighted by atomic mass is 32.1. The summed E-state index contributed by atoms with van der Waals surface area (Å²) in [5.74, 6) is -0.0366. The van der Waals surface area contributed by atoms with Gasteiger partial charge < -0.3 is 10.1 Å². The lowest BCUT2D eigenvalue weighted by Gasteiger charge is -1.99. The Morgan fingerprint density at radius 1 is 1.77 bits per heavy atom. The maximum absolute atomic E-state index is 11.2. The van der Waals surface area contributed by atoms with Gasteiger partial charge in [-0.25, -0.2) is 0 Å². The fourth-order valence-corrected chi connectivity index (χ4v) is 1.49. The van der Waals surface area contributed by atoms with Crippen molar-refractivity contribution in [2.24, 2.45) is 0 Å². The van der Waals surface area contributed by atoms with E-state index in [0.29, 0.717) is 13.0 Å². The number of aryl methyl sites for hydroxylation is 1. The van der Waals surface area contributed by atoms with Crippen LogP contribution in [0.25, 0.3) is 0 Å². The van der Waals surface area contributed by atoms with E-state index in [1.807, 2.05) is 13.0 Å². The van der Waals surface area contributed by atoms with Gasteiger partial charge in [-0.1, -0.05) is 0 Å². The van der Waals surface area contributed by atoms with Crippen molar-refractivity contribution >= 4 is 22.4 Å². The molecule has 72 valence electrons. The second kappa shape index (κ2) is 4.94. The van der Waals surface area contributed by atoms with Crippen LogP contribution >= 0.6 is 11.5 Å². The fourth-order valence-electron chi connectivity index (χ4n) is 0.817. The van der Waals surface area contributed by atoms with Crippen LogP contribution in [0.15, 0.2) is 6.07 Å². The molecule has 5 heteroatoms. The molecule has 0 radical (unpaired) electrons. The number of aromatic nitrogens is 1. The van der Waals surface area contributed by atoms with E-state index < -0.39 is 0 Å². The van der Waals surface area contributed by atoms with Crippen LogP contribution in [0.2, 0.25) is 0 Å². The number of carbonyl (C=O) groups is 1. The van der Waals surface area contributed by atoms with Gasteiger partial charge in [-0.2, -0.15) is 4.37 Å². The normalized spacial score (nSPS) is 10.0. The van der Waals surface area contributed by atoms with Gasteiger partial charge in [0.1, 0.15) is 5.00 Å². The zero-order valence-electron chi connectivity index (χ0n) is 7.66. The summed E-state index contributed by atoms with van der Waals surface area (Å²) in [4.78, 5) is 11.2. The molecule has 0 spiro atoms. The summed E-state index contributed by atoms with van der Waals surface area (Å²) in [5.41, 5.74) is 0.923. The average Bonchev–Trinajstić information content (AvgIpc) is 2.48. The Morgan fingerprint density at radius 3 is 3.08 bits per heavy atom. The predicted molar refractivity (Wildman–Crippen MR) is 52.0 cm³/mol. The number of nitrogens with one attached hydrogen (secondary N) is 1. The second-order valence-corrected chi connectivity index (χ2v) is 3.43. The van der Waals surface area contributed by atoms with Gasteiger partial charge in [0.25, 0.3) is 0 Å². The Morgan fingerprint density at radius 2 is 2.54 bits per heavy atom. The van der Waals surface area contributed by atoms with Crippen LogP contribution in [-0.4, -0.2) is 24.0 Å². The van der Waals surface area contributed by atoms with E-state index in [9.17, 15) is 4.79 Å². The van der Waals surface area contributed by atoms with Crippen molar-refractivity contribution in [1.82, 2.24) is 4.37 Å². The van der Waals surface area contributed by atoms with Crippen LogP contribution in [0.3, 0.4) is 0 Å². The van der Waals surface area contributed by atoms with Crippen molar-refractivity contribution in [2.45, 2.75) is 13.3 Å². The third-order valence-corrected chi connectivity index (χ3v) is 2.22. The summed E-state index contributed by atoms with van der Waals surface area (Å²) in [6, 6.07) is 1.84. The number of hydrogen-bond acceptors (Lipinski definition) is 4. The lowest BCUT2D eigenvalue weighted by atomic mass is 10.4. The number of rotatable bonds is 4. The molecule has 0 atom stereocenters. The first-order chi connectivity index (χ1) is 6.22. The van der Waals surface area contributed by atoms with Gasteiger partial charge in [0.2, 0.25) is 5.91 Å². The van der Waals surface area contributed by atoms with Crippen LogP contribution in [-0.2, 0) is 9.53 Å². The minimum absolute atomic E-state index is 0.0366. The molecule has 0 aromatic carbocycles. The highest BCUT2D eigenvalue weighted by Crippen LogP contribution is 2.15. The average molecular weight is 200 g/mol. The summed E-state index contributed by atoms with van der Waals surface area (Å²) in [7, 11) is 1.57. The van der Waals surface area contributed by atoms with Gasteiger partial charge in [-0.3, -0.25) is 4.79 Å². The predicted octanol–water partition coefficient (Wildman–Crippen LogP) is 1.43. The van der Waals surface area contributed by atoms with Gasteiger partial charge in [-0.05, 0) is 24.5 Å². The molecule has 0 saturated heterocycles. The lowest BCUT2D eigenvalue weighted by molar-refractivity contribution is -0.117. The van der Waals surface area contributed by atoms with E-state index in [0.717, 1.165) is 10.7 Å². The molecule has 1 amide bonds. The molecule has 1 aromatic heterocycles. The molecule has 1 heterocycles. The number of ether oxygens (including phenoxy) is 1. The van der Waals surface area contributed by atoms with E-state index >= 15 is 0 Å². The minimum Gasteiger partial charge on any atom is -0.384 e. The zero-order chi connectivity index (χ0) is 9.68. The van der Waals surface area contributed by atoms with E-state index in [4.69, 9.17) is 4.74 Å². The van der Waals surface area contributed by atoms with Gasteiger partial charge in [-0.15, -0.1) is 0 Å². The van der Waals surface area contributed by atoms with Crippen molar-refractivity contribution in [2.75, 3.05) is 19.0 Å². The monoisotopic (exact) mass is 200 g/mol. The quantitative estimate of drug-likeness (QED) is 0.799. The number of methoxy groups -OCH3 is 1. The molecular formula is C8H12N2O2S. The molecule has 13 heavy (non-hydrogen) atoms. The summed E-state index contributed by atoms with van der Waals surface area (Å²) < 4.78 is 8.83. The molecule has 0 aliphatic carbocycles. The van der Waals surface area contributed by atoms with Crippen molar-refractivity contribution < 1.29 is 9.53 Å². The highest BCUT2D eigenvalue weighted by molar-refractivity contribution is 7.10. The first-order valence-electron chi connectivity index (χ1n) is 3.94. The van der Waals surface area contributed by atoms with Gasteiger partial charge in [0.05, 0.1) is 18.7 Å². The Balaban J connectivity index is 2.36. The number of nitrogens with zero attached hydrogens (tertiary/aromatic N) is 1. The van der Waals surface area contributed by atoms with Crippen molar-refractivity contribution in [3.05, 3.63) is 11.8 Å². The molecule has 0 saturated carbocycles. The molecule has 0 unspecified atom stereocenters. The second-order valence-electron chi connectivity index (χ2n) is 2.62. The molecule has 0 fully saturated rings. The molecule has 0 bridgehead atoms. The SMILES string of the molecule is COCCC(=O)Nc1cc(C)ns1. The van der Waals surface area contributed by atoms with E-state index in [-0.39, 0.29) is 5.91 Å². The fraction of sp³-hybridized carbons (Fsp3) is 0.500. The van der Waals surface area contributed by atoms with Crippen LogP contribution in [0.4, 0.5) is 5.00 Å². The van der Waals surface area contributed by atoms with Crippen LogP contribution in [0, 0.1) is 6.92 Å². The molecule has 1 aromatic rings. The van der Waals surface area contributed by atoms with Crippen molar-refractivity contribution in [3.8, 4) is 0 Å². The molecule has 0 aliphatic rings. The lowest BCUT2D eigenvalue weighted by Crippen LogP contribution is -2.12. The number of amides is 1. The Bertz CT molecular complexity index is 285. The van der Waals surface area contributed by atoms with Gasteiger partial charge in [0.15, 0.2) is 0 Å².